The maximum absolute atomic E-state index is 12.2. The second kappa shape index (κ2) is 7.56. The molecule has 0 fully saturated rings. The maximum atomic E-state index is 12.2. The third kappa shape index (κ3) is 5.12. The Hall–Kier alpha value is -1.84. The molecule has 1 aromatic rings. The van der Waals surface area contributed by atoms with Gasteiger partial charge in [0.15, 0.2) is 0 Å². The largest absolute Gasteiger partial charge is 0.352 e. The van der Waals surface area contributed by atoms with E-state index in [9.17, 15) is 9.59 Å². The molecule has 0 saturated carbocycles. The van der Waals surface area contributed by atoms with E-state index in [-0.39, 0.29) is 17.9 Å². The van der Waals surface area contributed by atoms with Crippen molar-refractivity contribution in [1.29, 1.82) is 0 Å². The topological polar surface area (TPSA) is 58.2 Å². The summed E-state index contributed by atoms with van der Waals surface area (Å²) in [6.07, 6.45) is 1.19. The number of rotatable bonds is 6. The molecule has 1 rings (SSSR count). The minimum absolute atomic E-state index is 0.0433. The standard InChI is InChI=1S/C15H22N2O2/c1-4-8-13(18)17-14(15(19)16-11(2)3)12-9-6-5-7-10-12/h5-7,9-11,14H,4,8H2,1-3H3,(H,16,19)(H,17,18)/t14-/m0/s1. The number of nitrogens with one attached hydrogen (secondary N) is 2. The first-order valence-electron chi connectivity index (χ1n) is 6.69. The predicted molar refractivity (Wildman–Crippen MR) is 75.5 cm³/mol. The number of benzene rings is 1. The van der Waals surface area contributed by atoms with Gasteiger partial charge in [-0.3, -0.25) is 9.59 Å². The van der Waals surface area contributed by atoms with E-state index >= 15 is 0 Å². The maximum Gasteiger partial charge on any atom is 0.247 e. The highest BCUT2D eigenvalue weighted by atomic mass is 16.2. The van der Waals surface area contributed by atoms with Gasteiger partial charge in [0.05, 0.1) is 0 Å². The molecule has 0 saturated heterocycles. The van der Waals surface area contributed by atoms with Crippen molar-refractivity contribution in [3.63, 3.8) is 0 Å². The summed E-state index contributed by atoms with van der Waals surface area (Å²) in [5.41, 5.74) is 0.796. The van der Waals surface area contributed by atoms with E-state index in [0.717, 1.165) is 12.0 Å². The molecule has 4 nitrogen and oxygen atoms in total. The van der Waals surface area contributed by atoms with Crippen LogP contribution in [0.25, 0.3) is 0 Å². The molecule has 0 spiro atoms. The molecule has 104 valence electrons. The van der Waals surface area contributed by atoms with Gasteiger partial charge in [-0.1, -0.05) is 37.3 Å². The Kier molecular flexibility index (Phi) is 6.06. The number of hydrogen-bond acceptors (Lipinski definition) is 2. The monoisotopic (exact) mass is 262 g/mol. The van der Waals surface area contributed by atoms with E-state index in [1.54, 1.807) is 0 Å². The lowest BCUT2D eigenvalue weighted by molar-refractivity contribution is -0.129. The fourth-order valence-corrected chi connectivity index (χ4v) is 1.77. The molecule has 0 bridgehead atoms. The van der Waals surface area contributed by atoms with Crippen LogP contribution in [0.1, 0.15) is 45.2 Å². The van der Waals surface area contributed by atoms with Crippen LogP contribution in [0, 0.1) is 0 Å². The Bertz CT molecular complexity index is 415. The lowest BCUT2D eigenvalue weighted by Crippen LogP contribution is -2.42. The van der Waals surface area contributed by atoms with E-state index in [4.69, 9.17) is 0 Å². The molecule has 1 atom stereocenters. The zero-order valence-corrected chi connectivity index (χ0v) is 11.8. The SMILES string of the molecule is CCCC(=O)N[C@H](C(=O)NC(C)C)c1ccccc1. The highest BCUT2D eigenvalue weighted by molar-refractivity contribution is 5.88. The Morgan fingerprint density at radius 3 is 2.26 bits per heavy atom. The van der Waals surface area contributed by atoms with Gasteiger partial charge in [0.2, 0.25) is 11.8 Å². The zero-order valence-electron chi connectivity index (χ0n) is 11.8. The minimum atomic E-state index is -0.623. The number of carbonyl (C=O) groups excluding carboxylic acids is 2. The summed E-state index contributed by atoms with van der Waals surface area (Å²) in [6.45, 7) is 5.73. The Morgan fingerprint density at radius 1 is 1.11 bits per heavy atom. The summed E-state index contributed by atoms with van der Waals surface area (Å²) in [7, 11) is 0. The predicted octanol–water partition coefficient (Wildman–Crippen LogP) is 2.17. The van der Waals surface area contributed by atoms with Crippen LogP contribution >= 0.6 is 0 Å². The van der Waals surface area contributed by atoms with Crippen molar-refractivity contribution in [3.8, 4) is 0 Å². The third-order valence-electron chi connectivity index (χ3n) is 2.61. The van der Waals surface area contributed by atoms with Crippen molar-refractivity contribution >= 4 is 11.8 Å². The van der Waals surface area contributed by atoms with Crippen molar-refractivity contribution < 1.29 is 9.59 Å². The summed E-state index contributed by atoms with van der Waals surface area (Å²) < 4.78 is 0. The fraction of sp³-hybridized carbons (Fsp3) is 0.467. The molecule has 0 unspecified atom stereocenters. The van der Waals surface area contributed by atoms with Gasteiger partial charge >= 0.3 is 0 Å². The van der Waals surface area contributed by atoms with Gasteiger partial charge < -0.3 is 10.6 Å². The van der Waals surface area contributed by atoms with Crippen molar-refractivity contribution in [2.24, 2.45) is 0 Å². The van der Waals surface area contributed by atoms with E-state index < -0.39 is 6.04 Å². The highest BCUT2D eigenvalue weighted by Gasteiger charge is 2.22. The van der Waals surface area contributed by atoms with Crippen LogP contribution in [-0.2, 0) is 9.59 Å². The summed E-state index contributed by atoms with van der Waals surface area (Å²) in [4.78, 5) is 23.9. The lowest BCUT2D eigenvalue weighted by Gasteiger charge is -2.20. The van der Waals surface area contributed by atoms with Gasteiger partial charge in [-0.2, -0.15) is 0 Å². The van der Waals surface area contributed by atoms with E-state index in [2.05, 4.69) is 10.6 Å². The Labute approximate surface area is 114 Å². The molecule has 2 N–H and O–H groups in total. The van der Waals surface area contributed by atoms with Gasteiger partial charge in [0, 0.05) is 12.5 Å². The number of carbonyl (C=O) groups is 2. The molecular weight excluding hydrogens is 240 g/mol. The average Bonchev–Trinajstić information content (AvgIpc) is 2.36. The normalized spacial score (nSPS) is 12.0. The van der Waals surface area contributed by atoms with Crippen molar-refractivity contribution in [3.05, 3.63) is 35.9 Å². The smallest absolute Gasteiger partial charge is 0.247 e. The molecular formula is C15H22N2O2. The lowest BCUT2D eigenvalue weighted by atomic mass is 10.1. The summed E-state index contributed by atoms with van der Waals surface area (Å²) in [6, 6.07) is 8.71. The van der Waals surface area contributed by atoms with Crippen LogP contribution in [0.2, 0.25) is 0 Å². The fourth-order valence-electron chi connectivity index (χ4n) is 1.77. The quantitative estimate of drug-likeness (QED) is 0.825. The van der Waals surface area contributed by atoms with E-state index in [1.807, 2.05) is 51.1 Å². The second-order valence-electron chi connectivity index (χ2n) is 4.82. The molecule has 0 heterocycles. The molecule has 0 aliphatic carbocycles. The van der Waals surface area contributed by atoms with Crippen LogP contribution in [0.15, 0.2) is 30.3 Å². The van der Waals surface area contributed by atoms with Crippen molar-refractivity contribution in [2.45, 2.75) is 45.7 Å². The first-order chi connectivity index (χ1) is 9.04. The van der Waals surface area contributed by atoms with Gasteiger partial charge in [0.25, 0.3) is 0 Å². The molecule has 0 aromatic heterocycles. The molecule has 1 aromatic carbocycles. The molecule has 0 aliphatic rings. The van der Waals surface area contributed by atoms with Crippen LogP contribution in [0.3, 0.4) is 0 Å². The van der Waals surface area contributed by atoms with E-state index in [0.29, 0.717) is 6.42 Å². The molecule has 0 aliphatic heterocycles. The van der Waals surface area contributed by atoms with Crippen LogP contribution < -0.4 is 10.6 Å². The highest BCUT2D eigenvalue weighted by Crippen LogP contribution is 2.13. The Morgan fingerprint density at radius 2 is 1.74 bits per heavy atom. The third-order valence-corrected chi connectivity index (χ3v) is 2.61. The number of amides is 2. The molecule has 4 heteroatoms. The van der Waals surface area contributed by atoms with Gasteiger partial charge in [-0.05, 0) is 25.8 Å². The second-order valence-corrected chi connectivity index (χ2v) is 4.82. The first-order valence-corrected chi connectivity index (χ1v) is 6.69. The van der Waals surface area contributed by atoms with Crippen LogP contribution in [0.5, 0.6) is 0 Å². The van der Waals surface area contributed by atoms with E-state index in [1.165, 1.54) is 0 Å². The van der Waals surface area contributed by atoms with Crippen LogP contribution in [-0.4, -0.2) is 17.9 Å². The number of hydrogen-bond donors (Lipinski definition) is 2. The molecule has 2 amide bonds. The Balaban J connectivity index is 2.85. The van der Waals surface area contributed by atoms with Gasteiger partial charge in [-0.25, -0.2) is 0 Å². The van der Waals surface area contributed by atoms with Crippen molar-refractivity contribution in [2.75, 3.05) is 0 Å². The van der Waals surface area contributed by atoms with Gasteiger partial charge in [-0.15, -0.1) is 0 Å². The van der Waals surface area contributed by atoms with Crippen LogP contribution in [0.4, 0.5) is 0 Å². The first kappa shape index (κ1) is 15.2. The minimum Gasteiger partial charge on any atom is -0.352 e. The van der Waals surface area contributed by atoms with Crippen molar-refractivity contribution in [1.82, 2.24) is 10.6 Å². The molecule has 19 heavy (non-hydrogen) atoms. The average molecular weight is 262 g/mol. The summed E-state index contributed by atoms with van der Waals surface area (Å²) in [5.74, 6) is -0.277. The zero-order chi connectivity index (χ0) is 14.3. The van der Waals surface area contributed by atoms with Gasteiger partial charge in [0.1, 0.15) is 6.04 Å². The summed E-state index contributed by atoms with van der Waals surface area (Å²) >= 11 is 0. The molecule has 0 radical (unpaired) electrons. The summed E-state index contributed by atoms with van der Waals surface area (Å²) in [5, 5.41) is 5.62.